The van der Waals surface area contributed by atoms with Crippen molar-refractivity contribution in [2.75, 3.05) is 18.0 Å². The Hall–Kier alpha value is -2.90. The number of benzene rings is 1. The maximum absolute atomic E-state index is 12.5. The monoisotopic (exact) mass is 357 g/mol. The Kier molecular flexibility index (Phi) is 5.50. The molecule has 0 unspecified atom stereocenters. The fourth-order valence-electron chi connectivity index (χ4n) is 3.25. The molecule has 1 aromatic heterocycles. The Morgan fingerprint density at radius 1 is 1.35 bits per heavy atom. The van der Waals surface area contributed by atoms with Crippen molar-refractivity contribution in [2.24, 2.45) is 0 Å². The van der Waals surface area contributed by atoms with Gasteiger partial charge in [-0.25, -0.2) is 0 Å². The Morgan fingerprint density at radius 3 is 2.77 bits per heavy atom. The van der Waals surface area contributed by atoms with Crippen LogP contribution in [0.15, 0.2) is 36.7 Å². The Balaban J connectivity index is 1.73. The van der Waals surface area contributed by atoms with Crippen molar-refractivity contribution >= 4 is 17.3 Å². The standard InChI is InChI=1S/C18H23N5O3/c1-14(13-22-11-5-8-19-22)20-18(24)15-6-7-16(17(12-15)23(25)26)21-9-3-2-4-10-21/h5-8,11-12,14H,2-4,9-10,13H2,1H3,(H,20,24)/t14-/m1/s1. The summed E-state index contributed by atoms with van der Waals surface area (Å²) in [6, 6.07) is 6.39. The molecule has 1 aromatic carbocycles. The van der Waals surface area contributed by atoms with Gasteiger partial charge in [-0.05, 0) is 44.4 Å². The van der Waals surface area contributed by atoms with Gasteiger partial charge in [-0.3, -0.25) is 19.6 Å². The van der Waals surface area contributed by atoms with E-state index in [4.69, 9.17) is 0 Å². The molecule has 26 heavy (non-hydrogen) atoms. The highest BCUT2D eigenvalue weighted by atomic mass is 16.6. The van der Waals surface area contributed by atoms with Crippen molar-refractivity contribution in [1.82, 2.24) is 15.1 Å². The zero-order valence-electron chi connectivity index (χ0n) is 14.8. The third-order valence-corrected chi connectivity index (χ3v) is 4.53. The molecule has 3 rings (SSSR count). The number of aromatic nitrogens is 2. The molecule has 0 radical (unpaired) electrons. The summed E-state index contributed by atoms with van der Waals surface area (Å²) < 4.78 is 1.73. The second kappa shape index (κ2) is 7.99. The van der Waals surface area contributed by atoms with Gasteiger partial charge in [0.05, 0.1) is 11.5 Å². The minimum Gasteiger partial charge on any atom is -0.366 e. The number of carbonyl (C=O) groups excluding carboxylic acids is 1. The van der Waals surface area contributed by atoms with Gasteiger partial charge in [-0.2, -0.15) is 5.10 Å². The number of hydrogen-bond donors (Lipinski definition) is 1. The van der Waals surface area contributed by atoms with Crippen LogP contribution in [0.3, 0.4) is 0 Å². The second-order valence-electron chi connectivity index (χ2n) is 6.61. The van der Waals surface area contributed by atoms with E-state index >= 15 is 0 Å². The molecule has 0 bridgehead atoms. The van der Waals surface area contributed by atoms with E-state index in [1.807, 2.05) is 24.1 Å². The molecular formula is C18H23N5O3. The average Bonchev–Trinajstić information content (AvgIpc) is 3.14. The molecule has 138 valence electrons. The van der Waals surface area contributed by atoms with Crippen LogP contribution in [0, 0.1) is 10.1 Å². The highest BCUT2D eigenvalue weighted by molar-refractivity contribution is 5.96. The van der Waals surface area contributed by atoms with E-state index in [1.165, 1.54) is 6.07 Å². The number of carbonyl (C=O) groups is 1. The van der Waals surface area contributed by atoms with E-state index in [9.17, 15) is 14.9 Å². The number of amides is 1. The SMILES string of the molecule is C[C@H](Cn1cccn1)NC(=O)c1ccc(N2CCCCC2)c([N+](=O)[O-])c1. The summed E-state index contributed by atoms with van der Waals surface area (Å²) in [5.41, 5.74) is 0.875. The molecule has 8 heteroatoms. The number of nitrogens with one attached hydrogen (secondary N) is 1. The van der Waals surface area contributed by atoms with E-state index in [2.05, 4.69) is 10.4 Å². The molecule has 2 aromatic rings. The first-order chi connectivity index (χ1) is 12.5. The molecule has 1 N–H and O–H groups in total. The van der Waals surface area contributed by atoms with Crippen LogP contribution in [0.1, 0.15) is 36.5 Å². The van der Waals surface area contributed by atoms with E-state index in [0.29, 0.717) is 17.8 Å². The van der Waals surface area contributed by atoms with Crippen molar-refractivity contribution in [2.45, 2.75) is 38.8 Å². The van der Waals surface area contributed by atoms with E-state index in [1.54, 1.807) is 23.0 Å². The van der Waals surface area contributed by atoms with Crippen LogP contribution < -0.4 is 10.2 Å². The third kappa shape index (κ3) is 4.19. The lowest BCUT2D eigenvalue weighted by molar-refractivity contribution is -0.384. The number of piperidine rings is 1. The van der Waals surface area contributed by atoms with Gasteiger partial charge in [0.2, 0.25) is 0 Å². The van der Waals surface area contributed by atoms with Crippen molar-refractivity contribution in [3.8, 4) is 0 Å². The van der Waals surface area contributed by atoms with Gasteiger partial charge < -0.3 is 10.2 Å². The predicted molar refractivity (Wildman–Crippen MR) is 98.3 cm³/mol. The minimum absolute atomic E-state index is 0.0146. The van der Waals surface area contributed by atoms with Crippen molar-refractivity contribution in [3.05, 3.63) is 52.3 Å². The van der Waals surface area contributed by atoms with Crippen LogP contribution in [0.5, 0.6) is 0 Å². The summed E-state index contributed by atoms with van der Waals surface area (Å²) in [5.74, 6) is -0.321. The van der Waals surface area contributed by atoms with Crippen LogP contribution in [-0.4, -0.2) is 39.7 Å². The molecule has 1 aliphatic heterocycles. The molecule has 1 fully saturated rings. The Morgan fingerprint density at radius 2 is 2.12 bits per heavy atom. The van der Waals surface area contributed by atoms with Gasteiger partial charge in [-0.1, -0.05) is 0 Å². The lowest BCUT2D eigenvalue weighted by Gasteiger charge is -2.28. The quantitative estimate of drug-likeness (QED) is 0.633. The molecule has 1 saturated heterocycles. The first kappa shape index (κ1) is 17.9. The topological polar surface area (TPSA) is 93.3 Å². The van der Waals surface area contributed by atoms with Gasteiger partial charge in [0.25, 0.3) is 11.6 Å². The van der Waals surface area contributed by atoms with Crippen LogP contribution in [0.25, 0.3) is 0 Å². The van der Waals surface area contributed by atoms with Gasteiger partial charge in [0.1, 0.15) is 5.69 Å². The first-order valence-corrected chi connectivity index (χ1v) is 8.86. The van der Waals surface area contributed by atoms with E-state index < -0.39 is 4.92 Å². The number of rotatable bonds is 6. The van der Waals surface area contributed by atoms with Gasteiger partial charge >= 0.3 is 0 Å². The molecule has 1 amide bonds. The molecule has 1 aliphatic rings. The molecule has 0 aliphatic carbocycles. The normalized spacial score (nSPS) is 15.5. The van der Waals surface area contributed by atoms with Gasteiger partial charge in [0.15, 0.2) is 0 Å². The number of nitro groups is 1. The van der Waals surface area contributed by atoms with Crippen molar-refractivity contribution in [1.29, 1.82) is 0 Å². The van der Waals surface area contributed by atoms with Crippen LogP contribution in [-0.2, 0) is 6.54 Å². The molecule has 0 saturated carbocycles. The number of nitro benzene ring substituents is 1. The predicted octanol–water partition coefficient (Wildman–Crippen LogP) is 2.60. The van der Waals surface area contributed by atoms with Gasteiger partial charge in [0, 0.05) is 43.2 Å². The molecule has 2 heterocycles. The Labute approximate surface area is 151 Å². The zero-order chi connectivity index (χ0) is 18.5. The fourth-order valence-corrected chi connectivity index (χ4v) is 3.25. The summed E-state index contributed by atoms with van der Waals surface area (Å²) in [6.07, 6.45) is 6.71. The summed E-state index contributed by atoms with van der Waals surface area (Å²) in [5, 5.41) is 18.5. The maximum Gasteiger partial charge on any atom is 0.293 e. The Bertz CT molecular complexity index is 769. The zero-order valence-corrected chi connectivity index (χ0v) is 14.8. The number of hydrogen-bond acceptors (Lipinski definition) is 5. The number of anilines is 1. The number of nitrogens with zero attached hydrogens (tertiary/aromatic N) is 4. The summed E-state index contributed by atoms with van der Waals surface area (Å²) in [4.78, 5) is 25.6. The lowest BCUT2D eigenvalue weighted by atomic mass is 10.1. The highest BCUT2D eigenvalue weighted by Crippen LogP contribution is 2.31. The third-order valence-electron chi connectivity index (χ3n) is 4.53. The van der Waals surface area contributed by atoms with Crippen molar-refractivity contribution < 1.29 is 9.72 Å². The van der Waals surface area contributed by atoms with Crippen LogP contribution in [0.4, 0.5) is 11.4 Å². The van der Waals surface area contributed by atoms with Crippen LogP contribution >= 0.6 is 0 Å². The summed E-state index contributed by atoms with van der Waals surface area (Å²) >= 11 is 0. The largest absolute Gasteiger partial charge is 0.366 e. The first-order valence-electron chi connectivity index (χ1n) is 8.86. The van der Waals surface area contributed by atoms with Gasteiger partial charge in [-0.15, -0.1) is 0 Å². The lowest BCUT2D eigenvalue weighted by Crippen LogP contribution is -2.36. The molecule has 1 atom stereocenters. The average molecular weight is 357 g/mol. The molecule has 8 nitrogen and oxygen atoms in total. The fraction of sp³-hybridized carbons (Fsp3) is 0.444. The maximum atomic E-state index is 12.5. The summed E-state index contributed by atoms with van der Waals surface area (Å²) in [6.45, 7) is 4.03. The smallest absolute Gasteiger partial charge is 0.293 e. The highest BCUT2D eigenvalue weighted by Gasteiger charge is 2.23. The van der Waals surface area contributed by atoms with E-state index in [-0.39, 0.29) is 17.6 Å². The minimum atomic E-state index is -0.409. The summed E-state index contributed by atoms with van der Waals surface area (Å²) in [7, 11) is 0. The van der Waals surface area contributed by atoms with Crippen molar-refractivity contribution in [3.63, 3.8) is 0 Å². The van der Waals surface area contributed by atoms with Crippen LogP contribution in [0.2, 0.25) is 0 Å². The van der Waals surface area contributed by atoms with E-state index in [0.717, 1.165) is 32.4 Å². The molecular weight excluding hydrogens is 334 g/mol. The molecule has 0 spiro atoms. The second-order valence-corrected chi connectivity index (χ2v) is 6.61.